The second-order valence-corrected chi connectivity index (χ2v) is 11.7. The summed E-state index contributed by atoms with van der Waals surface area (Å²) in [5, 5.41) is 6.28. The Kier molecular flexibility index (Phi) is 10.5. The van der Waals surface area contributed by atoms with Crippen molar-refractivity contribution in [2.24, 2.45) is 0 Å². The zero-order valence-electron chi connectivity index (χ0n) is 26.1. The van der Waals surface area contributed by atoms with Crippen molar-refractivity contribution in [1.29, 1.82) is 0 Å². The summed E-state index contributed by atoms with van der Waals surface area (Å²) in [5.41, 5.74) is 3.98. The summed E-state index contributed by atoms with van der Waals surface area (Å²) in [4.78, 5) is 28.5. The van der Waals surface area contributed by atoms with Crippen LogP contribution >= 0.6 is 0 Å². The fourth-order valence-electron chi connectivity index (χ4n) is 5.50. The molecule has 3 aromatic carbocycles. The number of carbonyl (C=O) groups excluding carboxylic acids is 1. The number of hydrogen-bond acceptors (Lipinski definition) is 9. The molecule has 0 spiro atoms. The van der Waals surface area contributed by atoms with Crippen LogP contribution in [0, 0.1) is 5.82 Å². The average molecular weight is 671 g/mol. The standard InChI is InChI=1S/C34H34FN7O5S/c1-46-29-21-24(27-6-2-4-22(30(27)35)5-3-13-37-48(44)45)20-28-31(29)40-32(41-33(28)42-16-18-47-19-17-42)23-7-9-25(10-8-23)38-34(43)39-26-11-14-36-15-12-26/h2,4,6-12,14-15,20-21,37H,3,5,13,16-19H2,1H3,(H,44,45)(H2,36,38,39,43)/p-1. The number of hydrogen-bond donors (Lipinski definition) is 3. The third kappa shape index (κ3) is 7.74. The van der Waals surface area contributed by atoms with Gasteiger partial charge in [-0.15, -0.1) is 0 Å². The molecule has 5 aromatic rings. The lowest BCUT2D eigenvalue weighted by Crippen LogP contribution is -2.37. The first kappa shape index (κ1) is 32.9. The number of nitrogens with one attached hydrogen (secondary N) is 3. The van der Waals surface area contributed by atoms with Gasteiger partial charge in [0.2, 0.25) is 0 Å². The monoisotopic (exact) mass is 670 g/mol. The number of urea groups is 1. The molecule has 14 heteroatoms. The highest BCUT2D eigenvalue weighted by atomic mass is 32.2. The molecule has 1 aliphatic rings. The van der Waals surface area contributed by atoms with Crippen molar-refractivity contribution >= 4 is 45.4 Å². The van der Waals surface area contributed by atoms with Crippen LogP contribution in [0.1, 0.15) is 12.0 Å². The van der Waals surface area contributed by atoms with Crippen LogP contribution in [0.2, 0.25) is 0 Å². The van der Waals surface area contributed by atoms with Gasteiger partial charge < -0.3 is 29.6 Å². The number of benzene rings is 3. The van der Waals surface area contributed by atoms with Crippen LogP contribution in [0.3, 0.4) is 0 Å². The molecule has 3 heterocycles. The molecule has 3 N–H and O–H groups in total. The molecule has 1 fully saturated rings. The van der Waals surface area contributed by atoms with E-state index in [0.29, 0.717) is 95.5 Å². The molecule has 1 atom stereocenters. The Morgan fingerprint density at radius 1 is 1.00 bits per heavy atom. The number of fused-ring (bicyclic) bond motifs is 1. The van der Waals surface area contributed by atoms with Crippen molar-refractivity contribution in [2.75, 3.05) is 55.5 Å². The number of pyridine rings is 1. The number of anilines is 3. The molecule has 12 nitrogen and oxygen atoms in total. The van der Waals surface area contributed by atoms with Gasteiger partial charge >= 0.3 is 6.03 Å². The van der Waals surface area contributed by atoms with Gasteiger partial charge in [0.15, 0.2) is 5.82 Å². The first-order valence-corrected chi connectivity index (χ1v) is 16.4. The maximum atomic E-state index is 15.9. The molecule has 1 saturated heterocycles. The molecule has 0 saturated carbocycles. The maximum Gasteiger partial charge on any atom is 0.323 e. The van der Waals surface area contributed by atoms with Crippen LogP contribution in [0.25, 0.3) is 33.4 Å². The van der Waals surface area contributed by atoms with Gasteiger partial charge in [-0.2, -0.15) is 0 Å². The van der Waals surface area contributed by atoms with E-state index in [1.165, 1.54) is 0 Å². The van der Waals surface area contributed by atoms with E-state index in [1.807, 2.05) is 18.2 Å². The Hall–Kier alpha value is -5.02. The van der Waals surface area contributed by atoms with Gasteiger partial charge in [0, 0.05) is 71.2 Å². The van der Waals surface area contributed by atoms with Crippen LogP contribution in [-0.4, -0.2) is 69.7 Å². The largest absolute Gasteiger partial charge is 0.760 e. The third-order valence-electron chi connectivity index (χ3n) is 7.85. The number of amides is 2. The molecule has 0 radical (unpaired) electrons. The van der Waals surface area contributed by atoms with Crippen LogP contribution < -0.4 is 25.0 Å². The van der Waals surface area contributed by atoms with Gasteiger partial charge in [-0.05, 0) is 72.5 Å². The summed E-state index contributed by atoms with van der Waals surface area (Å²) in [6.45, 7) is 2.50. The highest BCUT2D eigenvalue weighted by Gasteiger charge is 2.22. The number of rotatable bonds is 11. The zero-order valence-corrected chi connectivity index (χ0v) is 26.9. The Bertz CT molecular complexity index is 1930. The Labute approximate surface area is 279 Å². The van der Waals surface area contributed by atoms with E-state index in [1.54, 1.807) is 68.0 Å². The molecular formula is C34H33FN7O5S-. The fraction of sp³-hybridized carbons (Fsp3) is 0.235. The minimum atomic E-state index is -2.36. The van der Waals surface area contributed by atoms with Gasteiger partial charge in [-0.3, -0.25) is 9.19 Å². The number of nitrogens with zero attached hydrogens (tertiary/aromatic N) is 4. The molecule has 6 rings (SSSR count). The van der Waals surface area contributed by atoms with E-state index in [0.717, 1.165) is 5.56 Å². The predicted octanol–water partition coefficient (Wildman–Crippen LogP) is 5.30. The Balaban J connectivity index is 1.34. The molecule has 248 valence electrons. The number of aryl methyl sites for hydroxylation is 1. The van der Waals surface area contributed by atoms with Crippen molar-refractivity contribution in [3.05, 3.63) is 90.5 Å². The van der Waals surface area contributed by atoms with Crippen molar-refractivity contribution in [3.8, 4) is 28.3 Å². The van der Waals surface area contributed by atoms with Gasteiger partial charge in [0.05, 0.1) is 20.3 Å². The SMILES string of the molecule is COc1cc(-c2cccc(CCCNS(=O)[O-])c2F)cc2c(N3CCOCC3)nc(-c3ccc(NC(=O)Nc4ccncc4)cc3)nc12. The quantitative estimate of drug-likeness (QED) is 0.125. The normalized spacial score (nSPS) is 13.7. The summed E-state index contributed by atoms with van der Waals surface area (Å²) in [6, 6.07) is 19.1. The second kappa shape index (κ2) is 15.3. The lowest BCUT2D eigenvalue weighted by Gasteiger charge is -2.29. The van der Waals surface area contributed by atoms with Gasteiger partial charge in [0.25, 0.3) is 0 Å². The number of methoxy groups -OCH3 is 1. The highest BCUT2D eigenvalue weighted by molar-refractivity contribution is 7.77. The molecule has 2 amide bonds. The molecule has 48 heavy (non-hydrogen) atoms. The molecule has 1 unspecified atom stereocenters. The summed E-state index contributed by atoms with van der Waals surface area (Å²) in [5.74, 6) is 1.21. The molecule has 0 bridgehead atoms. The van der Waals surface area contributed by atoms with Crippen molar-refractivity contribution < 1.29 is 27.4 Å². The summed E-state index contributed by atoms with van der Waals surface area (Å²) >= 11 is -2.36. The van der Waals surface area contributed by atoms with Crippen molar-refractivity contribution in [1.82, 2.24) is 19.7 Å². The van der Waals surface area contributed by atoms with Crippen LogP contribution in [0.5, 0.6) is 5.75 Å². The first-order chi connectivity index (χ1) is 23.4. The lowest BCUT2D eigenvalue weighted by molar-refractivity contribution is 0.122. The van der Waals surface area contributed by atoms with E-state index in [4.69, 9.17) is 19.4 Å². The van der Waals surface area contributed by atoms with Crippen molar-refractivity contribution in [3.63, 3.8) is 0 Å². The second-order valence-electron chi connectivity index (χ2n) is 10.9. The molecule has 1 aliphatic heterocycles. The number of halogens is 1. The highest BCUT2D eigenvalue weighted by Crippen LogP contribution is 2.38. The molecule has 2 aromatic heterocycles. The maximum absolute atomic E-state index is 15.9. The van der Waals surface area contributed by atoms with Crippen LogP contribution in [0.4, 0.5) is 26.4 Å². The van der Waals surface area contributed by atoms with Gasteiger partial charge in [-0.25, -0.2) is 23.9 Å². The van der Waals surface area contributed by atoms with E-state index in [2.05, 4.69) is 25.2 Å². The van der Waals surface area contributed by atoms with E-state index in [9.17, 15) is 13.6 Å². The lowest BCUT2D eigenvalue weighted by atomic mass is 9.98. The third-order valence-corrected chi connectivity index (χ3v) is 8.29. The number of carbonyl (C=O) groups is 1. The average Bonchev–Trinajstić information content (AvgIpc) is 3.11. The Morgan fingerprint density at radius 2 is 1.73 bits per heavy atom. The fourth-order valence-corrected chi connectivity index (χ4v) is 5.81. The van der Waals surface area contributed by atoms with E-state index >= 15 is 4.39 Å². The number of morpholine rings is 1. The summed E-state index contributed by atoms with van der Waals surface area (Å²) < 4.78 is 51.2. The minimum absolute atomic E-state index is 0.215. The van der Waals surface area contributed by atoms with Gasteiger partial charge in [-0.1, -0.05) is 18.2 Å². The van der Waals surface area contributed by atoms with Crippen LogP contribution in [-0.2, 0) is 22.4 Å². The minimum Gasteiger partial charge on any atom is -0.760 e. The number of ether oxygens (including phenoxy) is 2. The van der Waals surface area contributed by atoms with E-state index < -0.39 is 11.3 Å². The first-order valence-electron chi connectivity index (χ1n) is 15.3. The number of aromatic nitrogens is 3. The zero-order chi connectivity index (χ0) is 33.5. The predicted molar refractivity (Wildman–Crippen MR) is 182 cm³/mol. The van der Waals surface area contributed by atoms with Crippen LogP contribution in [0.15, 0.2) is 79.1 Å². The van der Waals surface area contributed by atoms with Gasteiger partial charge in [0.1, 0.15) is 22.9 Å². The van der Waals surface area contributed by atoms with E-state index in [-0.39, 0.29) is 18.4 Å². The molecular weight excluding hydrogens is 637 g/mol. The summed E-state index contributed by atoms with van der Waals surface area (Å²) in [6.07, 6.45) is 4.00. The Morgan fingerprint density at radius 3 is 2.44 bits per heavy atom. The summed E-state index contributed by atoms with van der Waals surface area (Å²) in [7, 11) is 1.55. The smallest absolute Gasteiger partial charge is 0.323 e. The molecule has 0 aliphatic carbocycles. The van der Waals surface area contributed by atoms with Crippen molar-refractivity contribution in [2.45, 2.75) is 12.8 Å². The topological polar surface area (TPSA) is 154 Å².